The molecule has 2 aliphatic carbocycles. The van der Waals surface area contributed by atoms with Gasteiger partial charge >= 0.3 is 0 Å². The van der Waals surface area contributed by atoms with Crippen LogP contribution in [0.1, 0.15) is 73.9 Å². The van der Waals surface area contributed by atoms with E-state index in [0.717, 1.165) is 59.0 Å². The molecule has 286 valence electrons. The quantitative estimate of drug-likeness (QED) is 0.140. The highest BCUT2D eigenvalue weighted by Gasteiger charge is 2.41. The van der Waals surface area contributed by atoms with Gasteiger partial charge in [0.05, 0.1) is 0 Å². The van der Waals surface area contributed by atoms with Gasteiger partial charge < -0.3 is 20.6 Å². The van der Waals surface area contributed by atoms with Crippen LogP contribution in [-0.2, 0) is 5.41 Å². The Hall–Kier alpha value is -6.23. The number of fused-ring (bicyclic) bond motifs is 8. The topological polar surface area (TPSA) is 68.3 Å². The van der Waals surface area contributed by atoms with Crippen molar-refractivity contribution in [3.8, 4) is 34.1 Å². The molecule has 4 nitrogen and oxygen atoms in total. The van der Waals surface area contributed by atoms with Crippen molar-refractivity contribution in [2.75, 3.05) is 0 Å². The summed E-state index contributed by atoms with van der Waals surface area (Å²) in [5.41, 5.74) is 17.5. The normalized spacial score (nSPS) is 14.4. The van der Waals surface area contributed by atoms with E-state index in [1.165, 1.54) is 54.9 Å². The summed E-state index contributed by atoms with van der Waals surface area (Å²) in [6, 6.07) is 48.7. The zero-order valence-electron chi connectivity index (χ0n) is 33.7. The van der Waals surface area contributed by atoms with Gasteiger partial charge in [0.1, 0.15) is 0 Å². The molecule has 3 N–H and O–H groups in total. The molecule has 1 unspecified atom stereocenters. The van der Waals surface area contributed by atoms with Gasteiger partial charge in [-0.25, -0.2) is 0 Å². The highest BCUT2D eigenvalue weighted by molar-refractivity contribution is 6.07. The van der Waals surface area contributed by atoms with E-state index in [4.69, 9.17) is 20.6 Å². The Kier molecular flexibility index (Phi) is 11.5. The van der Waals surface area contributed by atoms with Crippen molar-refractivity contribution in [2.45, 2.75) is 65.3 Å². The molecular weight excluding hydrogens is 697 g/mol. The number of allylic oxidation sites excluding steroid dienone is 4. The fraction of sp³-hybridized carbons (Fsp3) is 0.189. The summed E-state index contributed by atoms with van der Waals surface area (Å²) in [7, 11) is 0. The Balaban J connectivity index is 0.000000169. The highest BCUT2D eigenvalue weighted by atomic mass is 16.6. The van der Waals surface area contributed by atoms with E-state index in [2.05, 4.69) is 163 Å². The molecule has 4 heteroatoms. The molecule has 7 aromatic carbocycles. The lowest BCUT2D eigenvalue weighted by molar-refractivity contribution is 0.359. The van der Waals surface area contributed by atoms with Gasteiger partial charge in [0.25, 0.3) is 0 Å². The van der Waals surface area contributed by atoms with Crippen molar-refractivity contribution in [1.82, 2.24) is 0 Å². The fourth-order valence-corrected chi connectivity index (χ4v) is 8.21. The molecule has 0 bridgehead atoms. The zero-order chi connectivity index (χ0) is 40.1. The first-order chi connectivity index (χ1) is 27.7. The van der Waals surface area contributed by atoms with Crippen LogP contribution in [0.15, 0.2) is 157 Å². The van der Waals surface area contributed by atoms with Gasteiger partial charge in [0, 0.05) is 22.6 Å². The summed E-state index contributed by atoms with van der Waals surface area (Å²) in [5.74, 6) is 3.17. The highest BCUT2D eigenvalue weighted by Crippen LogP contribution is 2.59. The van der Waals surface area contributed by atoms with Crippen molar-refractivity contribution in [3.05, 3.63) is 185 Å². The van der Waals surface area contributed by atoms with Crippen LogP contribution in [0.5, 0.6) is 23.0 Å². The van der Waals surface area contributed by atoms with Crippen LogP contribution in [0.25, 0.3) is 38.2 Å². The van der Waals surface area contributed by atoms with E-state index in [-0.39, 0.29) is 11.5 Å². The van der Waals surface area contributed by atoms with Crippen LogP contribution < -0.4 is 15.2 Å². The Morgan fingerprint density at radius 3 is 2.16 bits per heavy atom. The second-order valence-electron chi connectivity index (χ2n) is 15.4. The van der Waals surface area contributed by atoms with Crippen LogP contribution in [-0.4, -0.2) is 6.72 Å². The van der Waals surface area contributed by atoms with E-state index >= 15 is 0 Å². The van der Waals surface area contributed by atoms with Gasteiger partial charge in [-0.2, -0.15) is 0 Å². The SMILES string of the molecule is C=N.CCC(N)c1cccc(-c2cccc3c2Oc2ccc4c(c2O3)C2=C(C=CCC2)C4(C)C)c1.Cc1ccc2c(ccc3ccccc32)c1.Cc1ccccc1. The van der Waals surface area contributed by atoms with Crippen LogP contribution >= 0.6 is 0 Å². The lowest BCUT2D eigenvalue weighted by atomic mass is 9.80. The number of hydrogen-bond acceptors (Lipinski definition) is 4. The molecule has 0 saturated heterocycles. The molecular formula is C53H52N2O2. The van der Waals surface area contributed by atoms with Gasteiger partial charge in [-0.15, -0.1) is 0 Å². The summed E-state index contributed by atoms with van der Waals surface area (Å²) >= 11 is 0. The third-order valence-electron chi connectivity index (χ3n) is 11.3. The lowest BCUT2D eigenvalue weighted by Gasteiger charge is -2.27. The molecule has 0 fully saturated rings. The molecule has 57 heavy (non-hydrogen) atoms. The summed E-state index contributed by atoms with van der Waals surface area (Å²) in [4.78, 5) is 0. The van der Waals surface area contributed by atoms with Crippen molar-refractivity contribution < 1.29 is 9.47 Å². The Bertz CT molecular complexity index is 2620. The third-order valence-corrected chi connectivity index (χ3v) is 11.3. The second-order valence-corrected chi connectivity index (χ2v) is 15.4. The third kappa shape index (κ3) is 7.79. The monoisotopic (exact) mass is 748 g/mol. The lowest BCUT2D eigenvalue weighted by Crippen LogP contribution is -2.16. The van der Waals surface area contributed by atoms with Gasteiger partial charge in [-0.3, -0.25) is 0 Å². The number of hydrogen-bond donors (Lipinski definition) is 2. The van der Waals surface area contributed by atoms with E-state index in [0.29, 0.717) is 0 Å². The molecule has 0 radical (unpaired) electrons. The summed E-state index contributed by atoms with van der Waals surface area (Å²) in [5, 5.41) is 10.8. The minimum absolute atomic E-state index is 0.0272. The average molecular weight is 749 g/mol. The van der Waals surface area contributed by atoms with Gasteiger partial charge in [0.15, 0.2) is 23.0 Å². The molecule has 0 saturated carbocycles. The van der Waals surface area contributed by atoms with Crippen molar-refractivity contribution in [1.29, 1.82) is 5.41 Å². The van der Waals surface area contributed by atoms with Crippen LogP contribution in [0.4, 0.5) is 0 Å². The largest absolute Gasteiger partial charge is 0.449 e. The average Bonchev–Trinajstić information content (AvgIpc) is 3.49. The predicted octanol–water partition coefficient (Wildman–Crippen LogP) is 14.6. The van der Waals surface area contributed by atoms with Gasteiger partial charge in [-0.1, -0.05) is 165 Å². The number of aryl methyl sites for hydroxylation is 2. The molecule has 3 aliphatic rings. The van der Waals surface area contributed by atoms with E-state index < -0.39 is 0 Å². The minimum Gasteiger partial charge on any atom is -0.449 e. The smallest absolute Gasteiger partial charge is 0.177 e. The van der Waals surface area contributed by atoms with Crippen LogP contribution in [0, 0.1) is 19.3 Å². The maximum Gasteiger partial charge on any atom is 0.177 e. The number of rotatable bonds is 3. The Morgan fingerprint density at radius 1 is 0.684 bits per heavy atom. The number of nitrogens with one attached hydrogen (secondary N) is 1. The predicted molar refractivity (Wildman–Crippen MR) is 241 cm³/mol. The molecule has 0 amide bonds. The fourth-order valence-electron chi connectivity index (χ4n) is 8.21. The van der Waals surface area contributed by atoms with Gasteiger partial charge in [0.2, 0.25) is 0 Å². The van der Waals surface area contributed by atoms with Crippen molar-refractivity contribution in [3.63, 3.8) is 0 Å². The maximum atomic E-state index is 6.62. The summed E-state index contributed by atoms with van der Waals surface area (Å²) < 4.78 is 13.2. The summed E-state index contributed by atoms with van der Waals surface area (Å²) in [6.07, 6.45) is 7.60. The maximum absolute atomic E-state index is 6.62. The minimum atomic E-state index is -0.0272. The van der Waals surface area contributed by atoms with Crippen molar-refractivity contribution in [2.24, 2.45) is 5.73 Å². The number of nitrogens with two attached hydrogens (primary N) is 1. The van der Waals surface area contributed by atoms with E-state index in [1.54, 1.807) is 0 Å². The van der Waals surface area contributed by atoms with Crippen molar-refractivity contribution >= 4 is 33.8 Å². The molecule has 7 aromatic rings. The first-order valence-corrected chi connectivity index (χ1v) is 19.9. The second kappa shape index (κ2) is 16.9. The molecule has 1 atom stereocenters. The number of benzene rings is 7. The number of para-hydroxylation sites is 1. The standard InChI is InChI=1S/C30H29NO2.C15H12.C7H8.CH3N/c1-4-24(31)19-10-7-9-18(17-19)20-12-8-14-25-28(20)32-26-16-15-23-27(29(26)33-25)21-11-5-6-13-22(21)30(23,2)3;1-11-6-9-15-13(10-11)8-7-12-4-2-3-5-14(12)15;1-7-5-3-2-4-6-7;1-2/h6-10,12-17,24H,4-5,11,31H2,1-3H3;2-10H,1H3;2-6H,1H3;2H,1H2. The molecule has 1 heterocycles. The first-order valence-electron chi connectivity index (χ1n) is 19.9. The molecule has 0 spiro atoms. The first kappa shape index (κ1) is 39.0. The zero-order valence-corrected chi connectivity index (χ0v) is 33.7. The van der Waals surface area contributed by atoms with Crippen LogP contribution in [0.3, 0.4) is 0 Å². The summed E-state index contributed by atoms with van der Waals surface area (Å²) in [6.45, 7) is 13.4. The Morgan fingerprint density at radius 2 is 1.39 bits per heavy atom. The van der Waals surface area contributed by atoms with Crippen LogP contribution in [0.2, 0.25) is 0 Å². The number of ether oxygens (including phenoxy) is 2. The van der Waals surface area contributed by atoms with E-state index in [1.807, 2.05) is 30.3 Å². The Labute approximate surface area is 337 Å². The molecule has 0 aromatic heterocycles. The molecule has 10 rings (SSSR count). The molecule has 1 aliphatic heterocycles. The van der Waals surface area contributed by atoms with E-state index in [9.17, 15) is 0 Å². The van der Waals surface area contributed by atoms with Gasteiger partial charge in [-0.05, 0) is 107 Å².